The van der Waals surface area contributed by atoms with Crippen molar-refractivity contribution in [3.05, 3.63) is 0 Å². The number of halogens is 4. The maximum absolute atomic E-state index is 11.7. The van der Waals surface area contributed by atoms with E-state index in [-0.39, 0.29) is 4.83 Å². The molecule has 0 radical (unpaired) electrons. The summed E-state index contributed by atoms with van der Waals surface area (Å²) in [5, 5.41) is 0. The zero-order chi connectivity index (χ0) is 12.8. The fourth-order valence-corrected chi connectivity index (χ4v) is 1.07. The number of nitrogens with zero attached hydrogens (tertiary/aromatic N) is 1. The minimum absolute atomic E-state index is 0.263. The van der Waals surface area contributed by atoms with Crippen molar-refractivity contribution in [2.75, 3.05) is 26.8 Å². The Morgan fingerprint density at radius 3 is 2.50 bits per heavy atom. The average Bonchev–Trinajstić information content (AvgIpc) is 2.11. The highest BCUT2D eigenvalue weighted by atomic mass is 79.9. The summed E-state index contributed by atoms with van der Waals surface area (Å²) in [6.45, 7) is 0.493. The highest BCUT2D eigenvalue weighted by Gasteiger charge is 2.28. The SMILES string of the molecule is CC(Br)CCN(C)C(=O)COCC(F)(F)F. The van der Waals surface area contributed by atoms with Crippen LogP contribution >= 0.6 is 15.9 Å². The average molecular weight is 306 g/mol. The van der Waals surface area contributed by atoms with Gasteiger partial charge in [0.2, 0.25) is 5.91 Å². The molecule has 1 unspecified atom stereocenters. The van der Waals surface area contributed by atoms with E-state index in [1.165, 1.54) is 11.9 Å². The number of ether oxygens (including phenoxy) is 1. The summed E-state index contributed by atoms with van der Waals surface area (Å²) in [7, 11) is 1.54. The van der Waals surface area contributed by atoms with Gasteiger partial charge in [-0.25, -0.2) is 0 Å². The van der Waals surface area contributed by atoms with Gasteiger partial charge in [0, 0.05) is 18.4 Å². The van der Waals surface area contributed by atoms with Crippen molar-refractivity contribution in [2.24, 2.45) is 0 Å². The largest absolute Gasteiger partial charge is 0.411 e. The minimum atomic E-state index is -4.39. The molecule has 0 saturated heterocycles. The summed E-state index contributed by atoms with van der Waals surface area (Å²) in [4.78, 5) is 12.9. The summed E-state index contributed by atoms with van der Waals surface area (Å²) < 4.78 is 39.4. The van der Waals surface area contributed by atoms with E-state index in [4.69, 9.17) is 0 Å². The van der Waals surface area contributed by atoms with Crippen molar-refractivity contribution in [1.82, 2.24) is 4.90 Å². The van der Waals surface area contributed by atoms with Crippen LogP contribution in [0.1, 0.15) is 13.3 Å². The van der Waals surface area contributed by atoms with Gasteiger partial charge in [-0.3, -0.25) is 4.79 Å². The molecule has 0 aromatic carbocycles. The normalized spacial score (nSPS) is 13.6. The highest BCUT2D eigenvalue weighted by Crippen LogP contribution is 2.14. The molecule has 0 heterocycles. The lowest BCUT2D eigenvalue weighted by atomic mass is 10.3. The Kier molecular flexibility index (Phi) is 6.98. The first-order chi connectivity index (χ1) is 7.22. The van der Waals surface area contributed by atoms with Gasteiger partial charge in [-0.2, -0.15) is 13.2 Å². The summed E-state index contributed by atoms with van der Waals surface area (Å²) in [5.74, 6) is -0.447. The fourth-order valence-electron chi connectivity index (χ4n) is 0.861. The van der Waals surface area contributed by atoms with Gasteiger partial charge in [0.1, 0.15) is 13.2 Å². The van der Waals surface area contributed by atoms with E-state index in [1.807, 2.05) is 6.92 Å². The van der Waals surface area contributed by atoms with Crippen LogP contribution in [0.15, 0.2) is 0 Å². The number of alkyl halides is 4. The van der Waals surface area contributed by atoms with Crippen molar-refractivity contribution in [2.45, 2.75) is 24.3 Å². The Balaban J connectivity index is 3.71. The maximum atomic E-state index is 11.7. The second-order valence-electron chi connectivity index (χ2n) is 3.49. The Hall–Kier alpha value is -0.300. The monoisotopic (exact) mass is 305 g/mol. The van der Waals surface area contributed by atoms with Crippen LogP contribution in [0.3, 0.4) is 0 Å². The quantitative estimate of drug-likeness (QED) is 0.704. The summed E-state index contributed by atoms with van der Waals surface area (Å²) in [6, 6.07) is 0. The molecule has 0 rings (SSSR count). The highest BCUT2D eigenvalue weighted by molar-refractivity contribution is 9.09. The zero-order valence-corrected chi connectivity index (χ0v) is 10.8. The van der Waals surface area contributed by atoms with Crippen molar-refractivity contribution in [1.29, 1.82) is 0 Å². The van der Waals surface area contributed by atoms with Crippen molar-refractivity contribution >= 4 is 21.8 Å². The Bertz CT molecular complexity index is 221. The zero-order valence-electron chi connectivity index (χ0n) is 9.18. The lowest BCUT2D eigenvalue weighted by molar-refractivity contribution is -0.177. The third-order valence-electron chi connectivity index (χ3n) is 1.78. The van der Waals surface area contributed by atoms with Crippen LogP contribution in [-0.2, 0) is 9.53 Å². The van der Waals surface area contributed by atoms with E-state index < -0.39 is 25.3 Å². The molecule has 1 amide bonds. The smallest absolute Gasteiger partial charge is 0.362 e. The maximum Gasteiger partial charge on any atom is 0.411 e. The first kappa shape index (κ1) is 15.7. The summed E-state index contributed by atoms with van der Waals surface area (Å²) >= 11 is 3.31. The standard InChI is InChI=1S/C9H15BrF3NO2/c1-7(10)3-4-14(2)8(15)5-16-6-9(11,12)13/h7H,3-6H2,1-2H3. The van der Waals surface area contributed by atoms with Gasteiger partial charge in [0.05, 0.1) is 0 Å². The van der Waals surface area contributed by atoms with Crippen LogP contribution < -0.4 is 0 Å². The predicted molar refractivity (Wildman–Crippen MR) is 57.5 cm³/mol. The molecule has 3 nitrogen and oxygen atoms in total. The van der Waals surface area contributed by atoms with Crippen LogP contribution in [0.5, 0.6) is 0 Å². The van der Waals surface area contributed by atoms with Crippen LogP contribution in [0.25, 0.3) is 0 Å². The van der Waals surface area contributed by atoms with E-state index in [2.05, 4.69) is 20.7 Å². The van der Waals surface area contributed by atoms with Crippen LogP contribution in [0, 0.1) is 0 Å². The molecule has 1 atom stereocenters. The lowest BCUT2D eigenvalue weighted by Crippen LogP contribution is -2.33. The molecule has 0 N–H and O–H groups in total. The molecule has 0 spiro atoms. The molecule has 0 bridgehead atoms. The molecule has 0 aromatic heterocycles. The first-order valence-electron chi connectivity index (χ1n) is 4.75. The van der Waals surface area contributed by atoms with Gasteiger partial charge >= 0.3 is 6.18 Å². The fraction of sp³-hybridized carbons (Fsp3) is 0.889. The van der Waals surface area contributed by atoms with E-state index >= 15 is 0 Å². The first-order valence-corrected chi connectivity index (χ1v) is 5.66. The number of hydrogen-bond acceptors (Lipinski definition) is 2. The van der Waals surface area contributed by atoms with Crippen LogP contribution in [0.2, 0.25) is 0 Å². The summed E-state index contributed by atoms with van der Waals surface area (Å²) in [5.41, 5.74) is 0. The van der Waals surface area contributed by atoms with Crippen molar-refractivity contribution < 1.29 is 22.7 Å². The lowest BCUT2D eigenvalue weighted by Gasteiger charge is -2.18. The van der Waals surface area contributed by atoms with E-state index in [1.54, 1.807) is 0 Å². The molecule has 0 aromatic rings. The molecule has 7 heteroatoms. The van der Waals surface area contributed by atoms with Gasteiger partial charge in [-0.1, -0.05) is 22.9 Å². The van der Waals surface area contributed by atoms with Gasteiger partial charge in [0.15, 0.2) is 0 Å². The second kappa shape index (κ2) is 7.11. The Labute approximate surface area is 101 Å². The molecular formula is C9H15BrF3NO2. The number of carbonyl (C=O) groups is 1. The third kappa shape index (κ3) is 8.96. The number of rotatable bonds is 6. The van der Waals surface area contributed by atoms with Gasteiger partial charge in [0.25, 0.3) is 0 Å². The molecular weight excluding hydrogens is 291 g/mol. The number of likely N-dealkylation sites (N-methyl/N-ethyl adjacent to an activating group) is 1. The molecule has 0 aliphatic rings. The summed E-state index contributed by atoms with van der Waals surface area (Å²) in [6.07, 6.45) is -3.65. The van der Waals surface area contributed by atoms with Gasteiger partial charge in [-0.05, 0) is 6.42 Å². The third-order valence-corrected chi connectivity index (χ3v) is 2.24. The van der Waals surface area contributed by atoms with Gasteiger partial charge < -0.3 is 9.64 Å². The molecule has 96 valence electrons. The van der Waals surface area contributed by atoms with Crippen molar-refractivity contribution in [3.8, 4) is 0 Å². The molecule has 0 fully saturated rings. The number of hydrogen-bond donors (Lipinski definition) is 0. The molecule has 0 saturated carbocycles. The number of amides is 1. The topological polar surface area (TPSA) is 29.5 Å². The van der Waals surface area contributed by atoms with Crippen LogP contribution in [0.4, 0.5) is 13.2 Å². The van der Waals surface area contributed by atoms with E-state index in [0.29, 0.717) is 6.54 Å². The predicted octanol–water partition coefficient (Wildman–Crippen LogP) is 2.20. The second-order valence-corrected chi connectivity index (χ2v) is 5.06. The van der Waals surface area contributed by atoms with E-state index in [9.17, 15) is 18.0 Å². The van der Waals surface area contributed by atoms with Gasteiger partial charge in [-0.15, -0.1) is 0 Å². The Morgan fingerprint density at radius 2 is 2.06 bits per heavy atom. The minimum Gasteiger partial charge on any atom is -0.362 e. The molecule has 0 aliphatic carbocycles. The number of carbonyl (C=O) groups excluding carboxylic acids is 1. The molecule has 0 aliphatic heterocycles. The van der Waals surface area contributed by atoms with Crippen LogP contribution in [-0.4, -0.2) is 48.6 Å². The van der Waals surface area contributed by atoms with Crippen molar-refractivity contribution in [3.63, 3.8) is 0 Å². The van der Waals surface area contributed by atoms with E-state index in [0.717, 1.165) is 6.42 Å². The Morgan fingerprint density at radius 1 is 1.50 bits per heavy atom. The molecule has 16 heavy (non-hydrogen) atoms.